The number of unbranched alkanes of at least 4 members (excludes halogenated alkanes) is 45. The van der Waals surface area contributed by atoms with Crippen LogP contribution < -0.4 is 5.32 Å². The lowest BCUT2D eigenvalue weighted by Gasteiger charge is -2.20. The Morgan fingerprint density at radius 3 is 1.03 bits per heavy atom. The Labute approximate surface area is 431 Å². The number of hydrogen-bond acceptors (Lipinski definition) is 5. The Bertz CT molecular complexity index is 1080. The van der Waals surface area contributed by atoms with Crippen LogP contribution in [0.3, 0.4) is 0 Å². The van der Waals surface area contributed by atoms with Gasteiger partial charge in [-0.2, -0.15) is 0 Å². The van der Waals surface area contributed by atoms with Crippen molar-refractivity contribution in [2.24, 2.45) is 0 Å². The molecule has 0 aliphatic rings. The molecule has 0 fully saturated rings. The van der Waals surface area contributed by atoms with Crippen LogP contribution in [0, 0.1) is 0 Å². The van der Waals surface area contributed by atoms with Gasteiger partial charge in [0.2, 0.25) is 5.91 Å². The van der Waals surface area contributed by atoms with E-state index in [1.54, 1.807) is 6.08 Å². The van der Waals surface area contributed by atoms with Crippen LogP contribution >= 0.6 is 0 Å². The molecule has 69 heavy (non-hydrogen) atoms. The molecule has 0 aliphatic heterocycles. The molecular formula is C63H121NO5. The number of aliphatic hydroxyl groups is 2. The number of hydrogen-bond donors (Lipinski definition) is 3. The highest BCUT2D eigenvalue weighted by Gasteiger charge is 2.18. The molecule has 408 valence electrons. The summed E-state index contributed by atoms with van der Waals surface area (Å²) in [5, 5.41) is 23.1. The van der Waals surface area contributed by atoms with E-state index in [2.05, 4.69) is 31.3 Å². The third kappa shape index (κ3) is 55.5. The molecule has 0 aromatic carbocycles. The van der Waals surface area contributed by atoms with Gasteiger partial charge in [0.1, 0.15) is 0 Å². The Kier molecular flexibility index (Phi) is 57.5. The first-order chi connectivity index (χ1) is 34.0. The smallest absolute Gasteiger partial charge is 0.305 e. The van der Waals surface area contributed by atoms with Crippen molar-refractivity contribution in [3.05, 3.63) is 24.3 Å². The molecule has 3 N–H and O–H groups in total. The minimum absolute atomic E-state index is 0.0108. The standard InChI is InChI=1S/C63H121NO5/c1-3-5-7-9-11-13-15-17-18-26-30-33-37-41-45-49-53-57-63(68)69-58-54-50-46-42-38-34-31-28-25-23-21-19-20-22-24-27-29-32-36-40-44-48-52-56-62(67)64-60(59-65)61(66)55-51-47-43-39-35-16-14-12-10-8-6-4-2/h17-18,51,55,60-61,65-66H,3-16,19-50,52-54,56-59H2,1-2H3,(H,64,67)/b18-17-,55-51+. The van der Waals surface area contributed by atoms with E-state index < -0.39 is 12.1 Å². The van der Waals surface area contributed by atoms with Gasteiger partial charge in [0.05, 0.1) is 25.4 Å². The van der Waals surface area contributed by atoms with Gasteiger partial charge in [0, 0.05) is 12.8 Å². The van der Waals surface area contributed by atoms with Crippen molar-refractivity contribution < 1.29 is 24.5 Å². The summed E-state index contributed by atoms with van der Waals surface area (Å²) in [5.41, 5.74) is 0. The van der Waals surface area contributed by atoms with Crippen LogP contribution in [0.2, 0.25) is 0 Å². The minimum atomic E-state index is -0.842. The molecule has 2 unspecified atom stereocenters. The Balaban J connectivity index is 3.36. The highest BCUT2D eigenvalue weighted by atomic mass is 16.5. The first-order valence-corrected chi connectivity index (χ1v) is 31.1. The van der Waals surface area contributed by atoms with Crippen molar-refractivity contribution >= 4 is 11.9 Å². The summed E-state index contributed by atoms with van der Waals surface area (Å²) in [6.45, 7) is 4.91. The number of rotatable bonds is 58. The zero-order valence-electron chi connectivity index (χ0n) is 46.6. The summed E-state index contributed by atoms with van der Waals surface area (Å²) in [5.74, 6) is -0.0564. The van der Waals surface area contributed by atoms with Crippen molar-refractivity contribution in [3.63, 3.8) is 0 Å². The lowest BCUT2D eigenvalue weighted by molar-refractivity contribution is -0.143. The van der Waals surface area contributed by atoms with Crippen LogP contribution in [0.1, 0.15) is 341 Å². The van der Waals surface area contributed by atoms with E-state index in [4.69, 9.17) is 4.74 Å². The molecular weight excluding hydrogens is 851 g/mol. The Morgan fingerprint density at radius 2 is 0.681 bits per heavy atom. The fourth-order valence-electron chi connectivity index (χ4n) is 9.69. The van der Waals surface area contributed by atoms with Crippen molar-refractivity contribution in [1.29, 1.82) is 0 Å². The molecule has 0 aromatic heterocycles. The average Bonchev–Trinajstić information content (AvgIpc) is 3.35. The molecule has 0 aromatic rings. The zero-order valence-corrected chi connectivity index (χ0v) is 46.6. The van der Waals surface area contributed by atoms with Crippen LogP contribution in [-0.4, -0.2) is 47.4 Å². The van der Waals surface area contributed by atoms with E-state index in [9.17, 15) is 19.8 Å². The quantitative estimate of drug-likeness (QED) is 0.0321. The van der Waals surface area contributed by atoms with Gasteiger partial charge in [-0.1, -0.05) is 295 Å². The molecule has 0 saturated carbocycles. The van der Waals surface area contributed by atoms with Crippen LogP contribution in [0.15, 0.2) is 24.3 Å². The second-order valence-corrected chi connectivity index (χ2v) is 21.4. The predicted molar refractivity (Wildman–Crippen MR) is 301 cm³/mol. The van der Waals surface area contributed by atoms with E-state index in [0.29, 0.717) is 19.4 Å². The normalized spacial score (nSPS) is 12.7. The van der Waals surface area contributed by atoms with Crippen molar-refractivity contribution in [1.82, 2.24) is 5.32 Å². The highest BCUT2D eigenvalue weighted by Crippen LogP contribution is 2.18. The number of ether oxygens (including phenoxy) is 1. The minimum Gasteiger partial charge on any atom is -0.466 e. The predicted octanol–water partition coefficient (Wildman–Crippen LogP) is 19.4. The molecule has 0 aliphatic carbocycles. The molecule has 0 rings (SSSR count). The summed E-state index contributed by atoms with van der Waals surface area (Å²) in [6, 6.07) is -0.626. The number of nitrogens with one attached hydrogen (secondary N) is 1. The second kappa shape index (κ2) is 58.9. The SMILES string of the molecule is CCCCCCCC/C=C\CCCCCCCCCC(=O)OCCCCCCCCCCCCCCCCCCCCCCCCCC(=O)NC(CO)C(O)/C=C/CCCCCCCCCCCC. The van der Waals surface area contributed by atoms with Crippen LogP contribution in [0.5, 0.6) is 0 Å². The Morgan fingerprint density at radius 1 is 0.391 bits per heavy atom. The maximum atomic E-state index is 12.4. The molecule has 1 amide bonds. The van der Waals surface area contributed by atoms with Crippen molar-refractivity contribution in [3.8, 4) is 0 Å². The molecule has 6 nitrogen and oxygen atoms in total. The topological polar surface area (TPSA) is 95.9 Å². The van der Waals surface area contributed by atoms with E-state index in [1.165, 1.54) is 270 Å². The number of allylic oxidation sites excluding steroid dienone is 3. The molecule has 6 heteroatoms. The lowest BCUT2D eigenvalue weighted by Crippen LogP contribution is -2.45. The van der Waals surface area contributed by atoms with Crippen LogP contribution in [0.25, 0.3) is 0 Å². The highest BCUT2D eigenvalue weighted by molar-refractivity contribution is 5.76. The Hall–Kier alpha value is -1.66. The maximum absolute atomic E-state index is 12.4. The number of carbonyl (C=O) groups is 2. The first-order valence-electron chi connectivity index (χ1n) is 31.1. The molecule has 0 spiro atoms. The summed E-state index contributed by atoms with van der Waals surface area (Å²) in [4.78, 5) is 24.5. The average molecular weight is 973 g/mol. The molecule has 0 saturated heterocycles. The fraction of sp³-hybridized carbons (Fsp3) is 0.905. The van der Waals surface area contributed by atoms with Crippen molar-refractivity contribution in [2.75, 3.05) is 13.2 Å². The monoisotopic (exact) mass is 972 g/mol. The van der Waals surface area contributed by atoms with Crippen LogP contribution in [-0.2, 0) is 14.3 Å². The lowest BCUT2D eigenvalue weighted by atomic mass is 10.0. The molecule has 0 radical (unpaired) electrons. The molecule has 0 bridgehead atoms. The van der Waals surface area contributed by atoms with Gasteiger partial charge in [-0.05, 0) is 57.8 Å². The van der Waals surface area contributed by atoms with Gasteiger partial charge in [-0.15, -0.1) is 0 Å². The maximum Gasteiger partial charge on any atom is 0.305 e. The number of esters is 1. The summed E-state index contributed by atoms with van der Waals surface area (Å²) in [6.07, 6.45) is 72.2. The third-order valence-corrected chi connectivity index (χ3v) is 14.5. The van der Waals surface area contributed by atoms with Gasteiger partial charge < -0.3 is 20.3 Å². The van der Waals surface area contributed by atoms with E-state index in [0.717, 1.165) is 44.9 Å². The first kappa shape index (κ1) is 67.3. The van der Waals surface area contributed by atoms with E-state index in [-0.39, 0.29) is 18.5 Å². The van der Waals surface area contributed by atoms with Crippen LogP contribution in [0.4, 0.5) is 0 Å². The second-order valence-electron chi connectivity index (χ2n) is 21.4. The van der Waals surface area contributed by atoms with Crippen molar-refractivity contribution in [2.45, 2.75) is 353 Å². The summed E-state index contributed by atoms with van der Waals surface area (Å²) in [7, 11) is 0. The number of carbonyl (C=O) groups excluding carboxylic acids is 2. The van der Waals surface area contributed by atoms with Gasteiger partial charge >= 0.3 is 5.97 Å². The largest absolute Gasteiger partial charge is 0.466 e. The summed E-state index contributed by atoms with van der Waals surface area (Å²) < 4.78 is 5.49. The van der Waals surface area contributed by atoms with E-state index in [1.807, 2.05) is 6.08 Å². The summed E-state index contributed by atoms with van der Waals surface area (Å²) >= 11 is 0. The molecule has 2 atom stereocenters. The van der Waals surface area contributed by atoms with Gasteiger partial charge in [0.25, 0.3) is 0 Å². The van der Waals surface area contributed by atoms with Gasteiger partial charge in [-0.3, -0.25) is 9.59 Å². The number of amides is 1. The molecule has 0 heterocycles. The third-order valence-electron chi connectivity index (χ3n) is 14.5. The van der Waals surface area contributed by atoms with E-state index >= 15 is 0 Å². The van der Waals surface area contributed by atoms with Gasteiger partial charge in [0.15, 0.2) is 0 Å². The fourth-order valence-corrected chi connectivity index (χ4v) is 9.69. The van der Waals surface area contributed by atoms with Gasteiger partial charge in [-0.25, -0.2) is 0 Å². The number of aliphatic hydroxyl groups excluding tert-OH is 2. The zero-order chi connectivity index (χ0) is 50.0.